The highest BCUT2D eigenvalue weighted by Crippen LogP contribution is 2.20. The summed E-state index contributed by atoms with van der Waals surface area (Å²) in [6, 6.07) is 16.0. The van der Waals surface area contributed by atoms with Crippen LogP contribution in [-0.2, 0) is 17.8 Å². The van der Waals surface area contributed by atoms with E-state index in [-0.39, 0.29) is 12.0 Å². The second-order valence-corrected chi connectivity index (χ2v) is 6.60. The Balaban J connectivity index is 1.66. The number of carbonyl (C=O) groups is 1. The molecule has 0 saturated heterocycles. The zero-order valence-electron chi connectivity index (χ0n) is 15.0. The van der Waals surface area contributed by atoms with Crippen molar-refractivity contribution in [3.05, 3.63) is 65.9 Å². The highest BCUT2D eigenvalue weighted by Gasteiger charge is 2.13. The molecule has 1 aromatic heterocycles. The topological polar surface area (TPSA) is 45.3 Å². The first kappa shape index (κ1) is 17.1. The highest BCUT2D eigenvalue weighted by atomic mass is 16.5. The Labute approximate surface area is 148 Å². The standard InChI is InChI=1S/C21H24N2O2/c1-15(2)25-18-8-6-7-16(11-18)14-23(3)21(24)12-17-13-22-20-10-5-4-9-19(17)20/h4-11,13,15,22H,12,14H2,1-3H3. The summed E-state index contributed by atoms with van der Waals surface area (Å²) in [5, 5.41) is 1.11. The molecule has 3 aromatic rings. The number of amides is 1. The number of aromatic nitrogens is 1. The fourth-order valence-electron chi connectivity index (χ4n) is 2.93. The van der Waals surface area contributed by atoms with Crippen LogP contribution in [0.2, 0.25) is 0 Å². The van der Waals surface area contributed by atoms with Crippen LogP contribution in [-0.4, -0.2) is 28.9 Å². The van der Waals surface area contributed by atoms with Crippen LogP contribution in [0.15, 0.2) is 54.7 Å². The minimum Gasteiger partial charge on any atom is -0.491 e. The molecule has 4 nitrogen and oxygen atoms in total. The van der Waals surface area contributed by atoms with Crippen LogP contribution < -0.4 is 4.74 Å². The number of fused-ring (bicyclic) bond motifs is 1. The summed E-state index contributed by atoms with van der Waals surface area (Å²) in [4.78, 5) is 17.6. The molecule has 0 fully saturated rings. The van der Waals surface area contributed by atoms with Gasteiger partial charge in [-0.25, -0.2) is 0 Å². The van der Waals surface area contributed by atoms with E-state index in [1.807, 2.05) is 75.6 Å². The quantitative estimate of drug-likeness (QED) is 0.735. The summed E-state index contributed by atoms with van der Waals surface area (Å²) in [7, 11) is 1.84. The molecule has 1 N–H and O–H groups in total. The van der Waals surface area contributed by atoms with Gasteiger partial charge in [0, 0.05) is 30.7 Å². The number of nitrogens with one attached hydrogen (secondary N) is 1. The molecule has 1 amide bonds. The molecule has 0 bridgehead atoms. The molecule has 0 radical (unpaired) electrons. The fourth-order valence-corrected chi connectivity index (χ4v) is 2.93. The third-order valence-corrected chi connectivity index (χ3v) is 4.13. The Morgan fingerprint density at radius 2 is 1.96 bits per heavy atom. The molecule has 1 heterocycles. The Morgan fingerprint density at radius 1 is 1.16 bits per heavy atom. The van der Waals surface area contributed by atoms with Crippen LogP contribution in [0.5, 0.6) is 5.75 Å². The summed E-state index contributed by atoms with van der Waals surface area (Å²) in [6.45, 7) is 4.57. The number of aromatic amines is 1. The number of para-hydroxylation sites is 1. The first-order chi connectivity index (χ1) is 12.0. The van der Waals surface area contributed by atoms with E-state index >= 15 is 0 Å². The third kappa shape index (κ3) is 4.21. The minimum absolute atomic E-state index is 0.0972. The van der Waals surface area contributed by atoms with E-state index in [2.05, 4.69) is 4.98 Å². The second kappa shape index (κ2) is 7.43. The van der Waals surface area contributed by atoms with Crippen molar-refractivity contribution in [1.29, 1.82) is 0 Å². The predicted molar refractivity (Wildman–Crippen MR) is 101 cm³/mol. The van der Waals surface area contributed by atoms with Crippen LogP contribution in [0, 0.1) is 0 Å². The fraction of sp³-hybridized carbons (Fsp3) is 0.286. The van der Waals surface area contributed by atoms with Gasteiger partial charge in [0.25, 0.3) is 0 Å². The van der Waals surface area contributed by atoms with E-state index in [1.165, 1.54) is 0 Å². The number of likely N-dealkylation sites (N-methyl/N-ethyl adjacent to an activating group) is 1. The Hall–Kier alpha value is -2.75. The van der Waals surface area contributed by atoms with Crippen molar-refractivity contribution in [2.45, 2.75) is 32.9 Å². The highest BCUT2D eigenvalue weighted by molar-refractivity contribution is 5.88. The van der Waals surface area contributed by atoms with Crippen molar-refractivity contribution in [1.82, 2.24) is 9.88 Å². The van der Waals surface area contributed by atoms with Crippen molar-refractivity contribution in [2.24, 2.45) is 0 Å². The molecular weight excluding hydrogens is 312 g/mol. The largest absolute Gasteiger partial charge is 0.491 e. The molecule has 0 aliphatic heterocycles. The maximum atomic E-state index is 12.6. The molecule has 0 atom stereocenters. The number of carbonyl (C=O) groups excluding carboxylic acids is 1. The maximum Gasteiger partial charge on any atom is 0.227 e. The predicted octanol–water partition coefficient (Wildman–Crippen LogP) is 4.16. The average molecular weight is 336 g/mol. The maximum absolute atomic E-state index is 12.6. The molecule has 0 spiro atoms. The van der Waals surface area contributed by atoms with Crippen LogP contribution in [0.4, 0.5) is 0 Å². The summed E-state index contributed by atoms with van der Waals surface area (Å²) < 4.78 is 5.72. The molecule has 2 aromatic carbocycles. The summed E-state index contributed by atoms with van der Waals surface area (Å²) >= 11 is 0. The first-order valence-electron chi connectivity index (χ1n) is 8.57. The van der Waals surface area contributed by atoms with Crippen molar-refractivity contribution >= 4 is 16.8 Å². The Bertz CT molecular complexity index is 867. The Kier molecular flexibility index (Phi) is 5.08. The molecule has 4 heteroatoms. The number of H-pyrrole nitrogens is 1. The molecule has 3 rings (SSSR count). The number of benzene rings is 2. The average Bonchev–Trinajstić information content (AvgIpc) is 2.98. The summed E-state index contributed by atoms with van der Waals surface area (Å²) in [6.07, 6.45) is 2.45. The number of rotatable bonds is 6. The van der Waals surface area contributed by atoms with E-state index in [4.69, 9.17) is 4.74 Å². The van der Waals surface area contributed by atoms with Gasteiger partial charge in [-0.15, -0.1) is 0 Å². The number of hydrogen-bond acceptors (Lipinski definition) is 2. The van der Waals surface area contributed by atoms with Gasteiger partial charge in [0.1, 0.15) is 5.75 Å². The first-order valence-corrected chi connectivity index (χ1v) is 8.57. The minimum atomic E-state index is 0.0972. The number of hydrogen-bond donors (Lipinski definition) is 1. The van der Waals surface area contributed by atoms with Gasteiger partial charge in [0.2, 0.25) is 5.91 Å². The van der Waals surface area contributed by atoms with Gasteiger partial charge in [-0.2, -0.15) is 0 Å². The number of nitrogens with zero attached hydrogens (tertiary/aromatic N) is 1. The van der Waals surface area contributed by atoms with Gasteiger partial charge >= 0.3 is 0 Å². The van der Waals surface area contributed by atoms with Crippen LogP contribution >= 0.6 is 0 Å². The van der Waals surface area contributed by atoms with Gasteiger partial charge < -0.3 is 14.6 Å². The van der Waals surface area contributed by atoms with E-state index in [1.54, 1.807) is 4.90 Å². The van der Waals surface area contributed by atoms with Crippen LogP contribution in [0.3, 0.4) is 0 Å². The molecule has 0 saturated carbocycles. The van der Waals surface area contributed by atoms with Crippen molar-refractivity contribution < 1.29 is 9.53 Å². The van der Waals surface area contributed by atoms with Gasteiger partial charge in [0.15, 0.2) is 0 Å². The summed E-state index contributed by atoms with van der Waals surface area (Å²) in [5.74, 6) is 0.935. The normalized spacial score (nSPS) is 11.0. The number of ether oxygens (including phenoxy) is 1. The zero-order valence-corrected chi connectivity index (χ0v) is 15.0. The molecule has 130 valence electrons. The van der Waals surface area contributed by atoms with E-state index in [0.717, 1.165) is 27.8 Å². The lowest BCUT2D eigenvalue weighted by Crippen LogP contribution is -2.27. The third-order valence-electron chi connectivity index (χ3n) is 4.13. The zero-order chi connectivity index (χ0) is 17.8. The van der Waals surface area contributed by atoms with Crippen LogP contribution in [0.25, 0.3) is 10.9 Å². The lowest BCUT2D eigenvalue weighted by molar-refractivity contribution is -0.129. The van der Waals surface area contributed by atoms with Gasteiger partial charge in [-0.3, -0.25) is 4.79 Å². The molecule has 0 aliphatic carbocycles. The van der Waals surface area contributed by atoms with Crippen molar-refractivity contribution in [3.63, 3.8) is 0 Å². The molecule has 0 unspecified atom stereocenters. The van der Waals surface area contributed by atoms with Crippen molar-refractivity contribution in [2.75, 3.05) is 7.05 Å². The van der Waals surface area contributed by atoms with E-state index in [0.29, 0.717) is 13.0 Å². The summed E-state index contributed by atoms with van der Waals surface area (Å²) in [5.41, 5.74) is 3.16. The molecule has 0 aliphatic rings. The second-order valence-electron chi connectivity index (χ2n) is 6.60. The lowest BCUT2D eigenvalue weighted by Gasteiger charge is -2.18. The smallest absolute Gasteiger partial charge is 0.227 e. The molecule has 25 heavy (non-hydrogen) atoms. The van der Waals surface area contributed by atoms with Crippen LogP contribution in [0.1, 0.15) is 25.0 Å². The van der Waals surface area contributed by atoms with Gasteiger partial charge in [0.05, 0.1) is 12.5 Å². The SMILES string of the molecule is CC(C)Oc1cccc(CN(C)C(=O)Cc2c[nH]c3ccccc23)c1. The lowest BCUT2D eigenvalue weighted by atomic mass is 10.1. The van der Waals surface area contributed by atoms with Gasteiger partial charge in [-0.1, -0.05) is 30.3 Å². The van der Waals surface area contributed by atoms with Crippen molar-refractivity contribution in [3.8, 4) is 5.75 Å². The van der Waals surface area contributed by atoms with Gasteiger partial charge in [-0.05, 0) is 43.2 Å². The van der Waals surface area contributed by atoms with E-state index in [9.17, 15) is 4.79 Å². The van der Waals surface area contributed by atoms with E-state index < -0.39 is 0 Å². The molecular formula is C21H24N2O2. The Morgan fingerprint density at radius 3 is 2.76 bits per heavy atom. The monoisotopic (exact) mass is 336 g/mol.